The van der Waals surface area contributed by atoms with E-state index in [4.69, 9.17) is 4.74 Å². The van der Waals surface area contributed by atoms with Crippen molar-refractivity contribution in [3.05, 3.63) is 34.0 Å². The van der Waals surface area contributed by atoms with E-state index in [2.05, 4.69) is 26.6 Å². The lowest BCUT2D eigenvalue weighted by atomic mass is 10.3. The molecule has 0 unspecified atom stereocenters. The molecule has 2 aromatic heterocycles. The van der Waals surface area contributed by atoms with Gasteiger partial charge in [-0.3, -0.25) is 4.90 Å². The van der Waals surface area contributed by atoms with Gasteiger partial charge in [0.2, 0.25) is 0 Å². The highest BCUT2D eigenvalue weighted by atomic mass is 32.1. The van der Waals surface area contributed by atoms with Crippen LogP contribution in [0.2, 0.25) is 0 Å². The van der Waals surface area contributed by atoms with Crippen molar-refractivity contribution in [3.8, 4) is 0 Å². The van der Waals surface area contributed by atoms with Crippen molar-refractivity contribution in [2.75, 3.05) is 19.7 Å². The maximum absolute atomic E-state index is 10.1. The average Bonchev–Trinajstić information content (AvgIpc) is 3.15. The summed E-state index contributed by atoms with van der Waals surface area (Å²) < 4.78 is 7.76. The van der Waals surface area contributed by atoms with E-state index in [1.807, 2.05) is 17.5 Å². The first kappa shape index (κ1) is 15.6. The fourth-order valence-corrected chi connectivity index (χ4v) is 3.37. The van der Waals surface area contributed by atoms with Gasteiger partial charge < -0.3 is 14.4 Å². The molecule has 0 radical (unpaired) electrons. The first-order chi connectivity index (χ1) is 10.8. The molecule has 7 heteroatoms. The molecule has 1 N–H and O–H groups in total. The third kappa shape index (κ3) is 3.73. The molecule has 1 aliphatic rings. The molecular weight excluding hydrogens is 300 g/mol. The summed E-state index contributed by atoms with van der Waals surface area (Å²) >= 11 is 1.67. The second kappa shape index (κ2) is 7.32. The van der Waals surface area contributed by atoms with E-state index in [0.717, 1.165) is 37.7 Å². The minimum Gasteiger partial charge on any atom is -0.389 e. The van der Waals surface area contributed by atoms with Gasteiger partial charge in [-0.05, 0) is 11.4 Å². The smallest absolute Gasteiger partial charge is 0.147 e. The van der Waals surface area contributed by atoms with E-state index in [-0.39, 0.29) is 0 Å². The van der Waals surface area contributed by atoms with Crippen LogP contribution in [0.4, 0.5) is 0 Å². The van der Waals surface area contributed by atoms with Gasteiger partial charge in [-0.15, -0.1) is 21.5 Å². The number of fused-ring (bicyclic) bond motifs is 1. The molecule has 0 spiro atoms. The van der Waals surface area contributed by atoms with Crippen molar-refractivity contribution in [1.29, 1.82) is 0 Å². The van der Waals surface area contributed by atoms with Crippen LogP contribution in [0.1, 0.15) is 23.4 Å². The van der Waals surface area contributed by atoms with E-state index in [1.165, 1.54) is 4.88 Å². The summed E-state index contributed by atoms with van der Waals surface area (Å²) in [5.41, 5.74) is 0. The van der Waals surface area contributed by atoms with Crippen LogP contribution in [0.3, 0.4) is 0 Å². The average molecular weight is 322 g/mol. The van der Waals surface area contributed by atoms with Gasteiger partial charge in [0.15, 0.2) is 0 Å². The summed E-state index contributed by atoms with van der Waals surface area (Å²) in [4.78, 5) is 3.40. The normalized spacial score (nSPS) is 16.6. The van der Waals surface area contributed by atoms with E-state index in [9.17, 15) is 5.11 Å². The molecule has 6 nitrogen and oxygen atoms in total. The number of aliphatic hydroxyl groups excluding tert-OH is 1. The molecule has 3 heterocycles. The molecule has 0 saturated heterocycles. The number of rotatable bonds is 7. The van der Waals surface area contributed by atoms with Crippen molar-refractivity contribution >= 4 is 11.3 Å². The number of nitrogens with zero attached hydrogens (tertiary/aromatic N) is 4. The highest BCUT2D eigenvalue weighted by Gasteiger charge is 2.22. The zero-order chi connectivity index (χ0) is 15.4. The quantitative estimate of drug-likeness (QED) is 0.832. The zero-order valence-electron chi connectivity index (χ0n) is 12.8. The van der Waals surface area contributed by atoms with E-state index < -0.39 is 6.10 Å². The van der Waals surface area contributed by atoms with Gasteiger partial charge in [0.1, 0.15) is 11.6 Å². The molecule has 1 atom stereocenters. The second-order valence-electron chi connectivity index (χ2n) is 5.52. The van der Waals surface area contributed by atoms with Crippen LogP contribution >= 0.6 is 11.3 Å². The largest absolute Gasteiger partial charge is 0.389 e. The third-order valence-electron chi connectivity index (χ3n) is 3.83. The molecule has 0 amide bonds. The Morgan fingerprint density at radius 1 is 1.41 bits per heavy atom. The Labute approximate surface area is 134 Å². The predicted molar refractivity (Wildman–Crippen MR) is 84.7 cm³/mol. The number of aliphatic hydroxyl groups is 1. The number of hydrogen-bond acceptors (Lipinski definition) is 6. The fraction of sp³-hybridized carbons (Fsp3) is 0.600. The lowest BCUT2D eigenvalue weighted by molar-refractivity contribution is 0.00607. The first-order valence-corrected chi connectivity index (χ1v) is 8.55. The van der Waals surface area contributed by atoms with E-state index in [1.54, 1.807) is 11.3 Å². The number of hydrogen-bond donors (Lipinski definition) is 1. The van der Waals surface area contributed by atoms with E-state index in [0.29, 0.717) is 19.8 Å². The van der Waals surface area contributed by atoms with Gasteiger partial charge in [-0.25, -0.2) is 0 Å². The van der Waals surface area contributed by atoms with Crippen LogP contribution in [0.5, 0.6) is 0 Å². The highest BCUT2D eigenvalue weighted by molar-refractivity contribution is 7.09. The van der Waals surface area contributed by atoms with Crippen molar-refractivity contribution in [2.45, 2.75) is 39.1 Å². The van der Waals surface area contributed by atoms with Crippen LogP contribution < -0.4 is 0 Å². The number of aromatic nitrogens is 3. The first-order valence-electron chi connectivity index (χ1n) is 7.67. The Balaban J connectivity index is 1.43. The Kier molecular flexibility index (Phi) is 5.20. The van der Waals surface area contributed by atoms with Crippen molar-refractivity contribution in [2.24, 2.45) is 0 Å². The monoisotopic (exact) mass is 322 g/mol. The summed E-state index contributed by atoms with van der Waals surface area (Å²) in [6.45, 7) is 6.20. The van der Waals surface area contributed by atoms with Crippen molar-refractivity contribution in [3.63, 3.8) is 0 Å². The van der Waals surface area contributed by atoms with Gasteiger partial charge in [-0.2, -0.15) is 0 Å². The Bertz CT molecular complexity index is 584. The minimum atomic E-state index is -0.472. The predicted octanol–water partition coefficient (Wildman–Crippen LogP) is 1.30. The lowest BCUT2D eigenvalue weighted by Gasteiger charge is -2.29. The minimum absolute atomic E-state index is 0.362. The fourth-order valence-electron chi connectivity index (χ4n) is 2.73. The second-order valence-corrected chi connectivity index (χ2v) is 6.55. The molecule has 0 aromatic carbocycles. The molecule has 1 aliphatic heterocycles. The molecule has 0 bridgehead atoms. The van der Waals surface area contributed by atoms with Gasteiger partial charge in [-0.1, -0.05) is 13.0 Å². The zero-order valence-corrected chi connectivity index (χ0v) is 13.6. The van der Waals surface area contributed by atoms with Crippen LogP contribution in [-0.2, 0) is 30.9 Å². The standard InChI is InChI=1S/C15H22N4O2S/c1-2-14-16-17-15-9-18(5-6-19(14)15)8-12(20)10-21-11-13-4-3-7-22-13/h3-4,7,12,20H,2,5-6,8-11H2,1H3/t12-/m0/s1. The molecule has 0 aliphatic carbocycles. The topological polar surface area (TPSA) is 63.4 Å². The third-order valence-corrected chi connectivity index (χ3v) is 4.68. The molecular formula is C15H22N4O2S. The molecule has 0 saturated carbocycles. The molecule has 120 valence electrons. The number of thiophene rings is 1. The van der Waals surface area contributed by atoms with Gasteiger partial charge >= 0.3 is 0 Å². The van der Waals surface area contributed by atoms with Crippen molar-refractivity contribution in [1.82, 2.24) is 19.7 Å². The number of ether oxygens (including phenoxy) is 1. The SMILES string of the molecule is CCc1nnc2n1CCN(C[C@H](O)COCc1cccs1)C2. The molecule has 0 fully saturated rings. The summed E-state index contributed by atoms with van der Waals surface area (Å²) in [6, 6.07) is 4.05. The molecule has 22 heavy (non-hydrogen) atoms. The van der Waals surface area contributed by atoms with Gasteiger partial charge in [0.25, 0.3) is 0 Å². The Morgan fingerprint density at radius 3 is 3.09 bits per heavy atom. The number of aryl methyl sites for hydroxylation is 1. The van der Waals surface area contributed by atoms with Gasteiger partial charge in [0, 0.05) is 30.9 Å². The van der Waals surface area contributed by atoms with E-state index >= 15 is 0 Å². The maximum atomic E-state index is 10.1. The van der Waals surface area contributed by atoms with Crippen LogP contribution in [0.15, 0.2) is 17.5 Å². The maximum Gasteiger partial charge on any atom is 0.147 e. The van der Waals surface area contributed by atoms with Crippen LogP contribution in [0.25, 0.3) is 0 Å². The van der Waals surface area contributed by atoms with Crippen molar-refractivity contribution < 1.29 is 9.84 Å². The summed E-state index contributed by atoms with van der Waals surface area (Å²) in [6.07, 6.45) is 0.437. The molecule has 3 rings (SSSR count). The summed E-state index contributed by atoms with van der Waals surface area (Å²) in [5, 5.41) is 20.6. The van der Waals surface area contributed by atoms with Gasteiger partial charge in [0.05, 0.1) is 25.9 Å². The lowest BCUT2D eigenvalue weighted by Crippen LogP contribution is -2.40. The van der Waals surface area contributed by atoms with Crippen LogP contribution in [0, 0.1) is 0 Å². The summed E-state index contributed by atoms with van der Waals surface area (Å²) in [5.74, 6) is 2.05. The Hall–Kier alpha value is -1.28. The summed E-state index contributed by atoms with van der Waals surface area (Å²) in [7, 11) is 0. The number of β-amino-alcohol motifs (C(OH)–C–C–N with tert-alkyl or cyclic N) is 1. The highest BCUT2D eigenvalue weighted by Crippen LogP contribution is 2.14. The van der Waals surface area contributed by atoms with Crippen LogP contribution in [-0.4, -0.2) is 50.6 Å². The molecule has 2 aromatic rings. The Morgan fingerprint density at radius 2 is 2.32 bits per heavy atom.